The third-order valence-electron chi connectivity index (χ3n) is 9.78. The standard InChI is InChI=1S/C43H83O8P/c1-3-5-7-9-11-13-15-17-19-20-21-22-24-25-27-29-31-33-35-37-42(44)49-39-41(40-50-52(46,47)48)51-43(45)38-36-34-32-30-28-26-23-18-16-14-12-10-8-6-4-2/h18,23,41H,3-17,19-22,24-40H2,1-2H3,(H2,46,47,48)/b23-18-. The maximum absolute atomic E-state index is 12.4. The molecule has 8 nitrogen and oxygen atoms in total. The molecule has 308 valence electrons. The second kappa shape index (κ2) is 39.5. The van der Waals surface area contributed by atoms with Crippen LogP contribution in [0.5, 0.6) is 0 Å². The van der Waals surface area contributed by atoms with Crippen molar-refractivity contribution in [1.82, 2.24) is 0 Å². The topological polar surface area (TPSA) is 119 Å². The van der Waals surface area contributed by atoms with Gasteiger partial charge in [0.05, 0.1) is 6.61 Å². The molecule has 0 rings (SSSR count). The predicted octanol–water partition coefficient (Wildman–Crippen LogP) is 13.4. The molecule has 1 atom stereocenters. The largest absolute Gasteiger partial charge is 0.469 e. The van der Waals surface area contributed by atoms with Gasteiger partial charge in [-0.3, -0.25) is 14.1 Å². The summed E-state index contributed by atoms with van der Waals surface area (Å²) in [5, 5.41) is 0. The minimum absolute atomic E-state index is 0.206. The summed E-state index contributed by atoms with van der Waals surface area (Å²) >= 11 is 0. The van der Waals surface area contributed by atoms with E-state index >= 15 is 0 Å². The summed E-state index contributed by atoms with van der Waals surface area (Å²) in [4.78, 5) is 42.9. The molecule has 0 aliphatic carbocycles. The van der Waals surface area contributed by atoms with Gasteiger partial charge in [0, 0.05) is 12.8 Å². The summed E-state index contributed by atoms with van der Waals surface area (Å²) in [5.74, 6) is -0.881. The molecular weight excluding hydrogens is 675 g/mol. The Morgan fingerprint density at radius 3 is 1.17 bits per heavy atom. The quantitative estimate of drug-likeness (QED) is 0.0274. The molecule has 0 aliphatic rings. The number of phosphoric ester groups is 1. The lowest BCUT2D eigenvalue weighted by Crippen LogP contribution is -2.29. The van der Waals surface area contributed by atoms with Crippen molar-refractivity contribution in [2.75, 3.05) is 13.2 Å². The highest BCUT2D eigenvalue weighted by Crippen LogP contribution is 2.36. The number of phosphoric acid groups is 1. The molecule has 0 spiro atoms. The highest BCUT2D eigenvalue weighted by Gasteiger charge is 2.22. The molecule has 52 heavy (non-hydrogen) atoms. The zero-order valence-corrected chi connectivity index (χ0v) is 34.9. The number of carbonyl (C=O) groups is 2. The first kappa shape index (κ1) is 50.8. The Kier molecular flexibility index (Phi) is 38.6. The first-order valence-electron chi connectivity index (χ1n) is 22.0. The second-order valence-corrected chi connectivity index (χ2v) is 16.3. The maximum Gasteiger partial charge on any atom is 0.469 e. The van der Waals surface area contributed by atoms with Crippen molar-refractivity contribution >= 4 is 19.8 Å². The van der Waals surface area contributed by atoms with Gasteiger partial charge in [0.15, 0.2) is 6.10 Å². The lowest BCUT2D eigenvalue weighted by atomic mass is 10.0. The van der Waals surface area contributed by atoms with Crippen molar-refractivity contribution in [3.8, 4) is 0 Å². The van der Waals surface area contributed by atoms with Gasteiger partial charge in [-0.2, -0.15) is 0 Å². The fourth-order valence-electron chi connectivity index (χ4n) is 6.49. The lowest BCUT2D eigenvalue weighted by Gasteiger charge is -2.18. The molecule has 0 heterocycles. The van der Waals surface area contributed by atoms with E-state index in [4.69, 9.17) is 19.3 Å². The molecule has 0 aliphatic heterocycles. The van der Waals surface area contributed by atoms with Gasteiger partial charge in [0.1, 0.15) is 6.61 Å². The fourth-order valence-corrected chi connectivity index (χ4v) is 6.85. The van der Waals surface area contributed by atoms with Crippen LogP contribution in [0.4, 0.5) is 0 Å². The van der Waals surface area contributed by atoms with Crippen LogP contribution in [0.25, 0.3) is 0 Å². The van der Waals surface area contributed by atoms with Crippen LogP contribution in [-0.2, 0) is 28.2 Å². The molecule has 0 aromatic rings. The van der Waals surface area contributed by atoms with E-state index in [1.54, 1.807) is 0 Å². The van der Waals surface area contributed by atoms with Crippen LogP contribution in [-0.4, -0.2) is 41.0 Å². The van der Waals surface area contributed by atoms with E-state index in [-0.39, 0.29) is 19.4 Å². The maximum atomic E-state index is 12.4. The van der Waals surface area contributed by atoms with Gasteiger partial charge in [-0.15, -0.1) is 0 Å². The fraction of sp³-hybridized carbons (Fsp3) is 0.907. The van der Waals surface area contributed by atoms with Crippen LogP contribution in [0, 0.1) is 0 Å². The van der Waals surface area contributed by atoms with E-state index in [1.807, 2.05) is 0 Å². The number of esters is 2. The van der Waals surface area contributed by atoms with E-state index in [0.717, 1.165) is 51.4 Å². The van der Waals surface area contributed by atoms with Crippen molar-refractivity contribution < 1.29 is 37.9 Å². The molecular formula is C43H83O8P. The summed E-state index contributed by atoms with van der Waals surface area (Å²) in [7, 11) is -4.75. The average molecular weight is 759 g/mol. The van der Waals surface area contributed by atoms with Crippen LogP contribution in [0.2, 0.25) is 0 Å². The molecule has 1 unspecified atom stereocenters. The normalized spacial score (nSPS) is 12.5. The van der Waals surface area contributed by atoms with Crippen molar-refractivity contribution in [2.24, 2.45) is 0 Å². The Hall–Kier alpha value is -1.21. The zero-order chi connectivity index (χ0) is 38.2. The average Bonchev–Trinajstić information content (AvgIpc) is 3.11. The molecule has 9 heteroatoms. The van der Waals surface area contributed by atoms with Crippen LogP contribution in [0.1, 0.15) is 232 Å². The Labute approximate surface area is 320 Å². The number of hydrogen-bond acceptors (Lipinski definition) is 6. The van der Waals surface area contributed by atoms with Crippen LogP contribution >= 0.6 is 7.82 Å². The van der Waals surface area contributed by atoms with Gasteiger partial charge in [0.25, 0.3) is 0 Å². The summed E-state index contributed by atoms with van der Waals surface area (Å²) in [5.41, 5.74) is 0. The number of unbranched alkanes of at least 4 members (excludes halogenated alkanes) is 29. The molecule has 2 N–H and O–H groups in total. The van der Waals surface area contributed by atoms with Gasteiger partial charge in [0.2, 0.25) is 0 Å². The number of rotatable bonds is 41. The van der Waals surface area contributed by atoms with E-state index < -0.39 is 32.5 Å². The van der Waals surface area contributed by atoms with E-state index in [0.29, 0.717) is 6.42 Å². The Bertz CT molecular complexity index is 858. The molecule has 0 radical (unpaired) electrons. The third-order valence-corrected chi connectivity index (χ3v) is 10.3. The summed E-state index contributed by atoms with van der Waals surface area (Å²) in [6, 6.07) is 0. The first-order valence-corrected chi connectivity index (χ1v) is 23.5. The SMILES string of the molecule is CCCCCCCC/C=C\CCCCCCCC(=O)OC(COC(=O)CCCCCCCCCCCCCCCCCCCCC)COP(=O)(O)O. The van der Waals surface area contributed by atoms with Crippen molar-refractivity contribution in [3.63, 3.8) is 0 Å². The van der Waals surface area contributed by atoms with Crippen LogP contribution in [0.3, 0.4) is 0 Å². The Balaban J connectivity index is 3.85. The van der Waals surface area contributed by atoms with E-state index in [2.05, 4.69) is 30.5 Å². The highest BCUT2D eigenvalue weighted by molar-refractivity contribution is 7.46. The monoisotopic (exact) mass is 759 g/mol. The predicted molar refractivity (Wildman–Crippen MR) is 216 cm³/mol. The first-order chi connectivity index (χ1) is 25.3. The minimum atomic E-state index is -4.75. The van der Waals surface area contributed by atoms with Gasteiger partial charge >= 0.3 is 19.8 Å². The van der Waals surface area contributed by atoms with E-state index in [9.17, 15) is 14.2 Å². The number of carbonyl (C=O) groups excluding carboxylic acids is 2. The van der Waals surface area contributed by atoms with Gasteiger partial charge in [-0.1, -0.05) is 193 Å². The molecule has 0 amide bonds. The summed E-state index contributed by atoms with van der Waals surface area (Å²) in [6.45, 7) is 3.70. The number of allylic oxidation sites excluding steroid dienone is 2. The van der Waals surface area contributed by atoms with Crippen molar-refractivity contribution in [2.45, 2.75) is 238 Å². The van der Waals surface area contributed by atoms with Crippen molar-refractivity contribution in [3.05, 3.63) is 12.2 Å². The van der Waals surface area contributed by atoms with Gasteiger partial charge in [-0.05, 0) is 38.5 Å². The number of hydrogen-bond donors (Lipinski definition) is 2. The minimum Gasteiger partial charge on any atom is -0.462 e. The highest BCUT2D eigenvalue weighted by atomic mass is 31.2. The second-order valence-electron chi connectivity index (χ2n) is 15.0. The molecule has 0 aromatic heterocycles. The van der Waals surface area contributed by atoms with Gasteiger partial charge in [-0.25, -0.2) is 4.57 Å². The molecule has 0 saturated carbocycles. The Morgan fingerprint density at radius 2 is 0.808 bits per heavy atom. The molecule has 0 fully saturated rings. The smallest absolute Gasteiger partial charge is 0.462 e. The molecule has 0 aromatic carbocycles. The van der Waals surface area contributed by atoms with Crippen LogP contribution < -0.4 is 0 Å². The van der Waals surface area contributed by atoms with Crippen molar-refractivity contribution in [1.29, 1.82) is 0 Å². The number of ether oxygens (including phenoxy) is 2. The summed E-state index contributed by atoms with van der Waals surface area (Å²) in [6.07, 6.45) is 43.6. The zero-order valence-electron chi connectivity index (χ0n) is 34.0. The Morgan fingerprint density at radius 1 is 0.481 bits per heavy atom. The van der Waals surface area contributed by atoms with Crippen LogP contribution in [0.15, 0.2) is 12.2 Å². The lowest BCUT2D eigenvalue weighted by molar-refractivity contribution is -0.161. The van der Waals surface area contributed by atoms with E-state index in [1.165, 1.54) is 148 Å². The third kappa shape index (κ3) is 41.5. The molecule has 0 saturated heterocycles. The summed E-state index contributed by atoms with van der Waals surface area (Å²) < 4.78 is 26.4. The van der Waals surface area contributed by atoms with Gasteiger partial charge < -0.3 is 19.3 Å². The molecule has 0 bridgehead atoms.